The highest BCUT2D eigenvalue weighted by Crippen LogP contribution is 2.34. The van der Waals surface area contributed by atoms with Gasteiger partial charge in [-0.15, -0.1) is 0 Å². The van der Waals surface area contributed by atoms with E-state index in [0.29, 0.717) is 5.13 Å². The first kappa shape index (κ1) is 18.2. The van der Waals surface area contributed by atoms with Crippen LogP contribution in [0.2, 0.25) is 0 Å². The predicted octanol–water partition coefficient (Wildman–Crippen LogP) is 4.21. The number of nitrogens with one attached hydrogen (secondary N) is 1. The zero-order chi connectivity index (χ0) is 19.7. The van der Waals surface area contributed by atoms with Gasteiger partial charge >= 0.3 is 0 Å². The second kappa shape index (κ2) is 7.44. The van der Waals surface area contributed by atoms with E-state index >= 15 is 0 Å². The van der Waals surface area contributed by atoms with Crippen molar-refractivity contribution in [2.24, 2.45) is 0 Å². The molecule has 1 aliphatic heterocycles. The molecule has 0 saturated carbocycles. The number of hydrogen-bond acceptors (Lipinski definition) is 5. The minimum absolute atomic E-state index is 0.101. The number of aromatic nitrogens is 1. The molecular weight excluding hydrogens is 374 g/mol. The fourth-order valence-electron chi connectivity index (χ4n) is 3.34. The number of fused-ring (bicyclic) bond motifs is 2. The lowest BCUT2D eigenvalue weighted by molar-refractivity contribution is -0.129. The Morgan fingerprint density at radius 2 is 2.07 bits per heavy atom. The van der Waals surface area contributed by atoms with E-state index in [0.717, 1.165) is 27.1 Å². The van der Waals surface area contributed by atoms with Gasteiger partial charge in [0.2, 0.25) is 11.8 Å². The van der Waals surface area contributed by atoms with Gasteiger partial charge in [0.05, 0.1) is 29.8 Å². The zero-order valence-corrected chi connectivity index (χ0v) is 16.3. The summed E-state index contributed by atoms with van der Waals surface area (Å²) in [4.78, 5) is 30.8. The Kier molecular flexibility index (Phi) is 4.83. The van der Waals surface area contributed by atoms with Crippen molar-refractivity contribution >= 4 is 44.6 Å². The van der Waals surface area contributed by atoms with Crippen LogP contribution in [0.5, 0.6) is 5.75 Å². The highest BCUT2D eigenvalue weighted by atomic mass is 32.1. The molecule has 0 radical (unpaired) electrons. The summed E-state index contributed by atoms with van der Waals surface area (Å²) in [6, 6.07) is 13.0. The third-order valence-electron chi connectivity index (χ3n) is 4.69. The second-order valence-corrected chi connectivity index (χ2v) is 7.52. The van der Waals surface area contributed by atoms with Crippen LogP contribution in [0.1, 0.15) is 30.5 Å². The van der Waals surface area contributed by atoms with Crippen LogP contribution in [-0.4, -0.2) is 28.8 Å². The Labute approximate surface area is 166 Å². The Hall–Kier alpha value is -3.19. The van der Waals surface area contributed by atoms with Crippen LogP contribution in [0.15, 0.2) is 48.7 Å². The number of hydrogen-bond donors (Lipinski definition) is 1. The molecule has 7 heteroatoms. The van der Waals surface area contributed by atoms with E-state index in [1.165, 1.54) is 18.3 Å². The van der Waals surface area contributed by atoms with Crippen LogP contribution in [-0.2, 0) is 9.59 Å². The number of benzene rings is 2. The van der Waals surface area contributed by atoms with E-state index < -0.39 is 0 Å². The molecule has 0 fully saturated rings. The molecule has 142 valence electrons. The number of methoxy groups -OCH3 is 1. The van der Waals surface area contributed by atoms with Gasteiger partial charge in [0, 0.05) is 13.1 Å². The van der Waals surface area contributed by atoms with Crippen molar-refractivity contribution < 1.29 is 14.3 Å². The van der Waals surface area contributed by atoms with Crippen molar-refractivity contribution in [3.63, 3.8) is 0 Å². The average Bonchev–Trinajstić information content (AvgIpc) is 3.08. The molecule has 28 heavy (non-hydrogen) atoms. The summed E-state index contributed by atoms with van der Waals surface area (Å²) in [5.74, 6) is 0.458. The Morgan fingerprint density at radius 3 is 2.86 bits per heavy atom. The van der Waals surface area contributed by atoms with Crippen molar-refractivity contribution in [1.82, 2.24) is 9.88 Å². The number of anilines is 1. The van der Waals surface area contributed by atoms with Crippen molar-refractivity contribution in [2.45, 2.75) is 19.4 Å². The number of carbonyl (C=O) groups is 2. The number of amides is 2. The number of ether oxygens (including phenoxy) is 1. The van der Waals surface area contributed by atoms with Gasteiger partial charge in [0.15, 0.2) is 5.13 Å². The third-order valence-corrected chi connectivity index (χ3v) is 5.62. The molecule has 0 bridgehead atoms. The van der Waals surface area contributed by atoms with E-state index in [-0.39, 0.29) is 24.3 Å². The van der Waals surface area contributed by atoms with Crippen LogP contribution >= 0.6 is 11.3 Å². The minimum Gasteiger partial charge on any atom is -0.497 e. The van der Waals surface area contributed by atoms with Gasteiger partial charge in [-0.2, -0.15) is 0 Å². The monoisotopic (exact) mass is 393 g/mol. The first-order valence-corrected chi connectivity index (χ1v) is 9.67. The van der Waals surface area contributed by atoms with E-state index in [4.69, 9.17) is 4.74 Å². The number of rotatable bonds is 4. The molecule has 1 aliphatic rings. The van der Waals surface area contributed by atoms with Gasteiger partial charge in [0.25, 0.3) is 0 Å². The third kappa shape index (κ3) is 3.48. The number of carbonyl (C=O) groups excluding carboxylic acids is 2. The summed E-state index contributed by atoms with van der Waals surface area (Å²) in [6.07, 6.45) is 3.79. The van der Waals surface area contributed by atoms with E-state index in [1.54, 1.807) is 18.2 Å². The van der Waals surface area contributed by atoms with Gasteiger partial charge < -0.3 is 15.0 Å². The zero-order valence-electron chi connectivity index (χ0n) is 15.5. The summed E-state index contributed by atoms with van der Waals surface area (Å²) in [7, 11) is 1.61. The predicted molar refractivity (Wildman–Crippen MR) is 110 cm³/mol. The summed E-state index contributed by atoms with van der Waals surface area (Å²) >= 11 is 1.39. The first-order chi connectivity index (χ1) is 13.5. The molecular formula is C21H19N3O3S. The molecule has 2 heterocycles. The smallest absolute Gasteiger partial charge is 0.228 e. The quantitative estimate of drug-likeness (QED) is 0.721. The Balaban J connectivity index is 1.55. The Bertz CT molecular complexity index is 1090. The van der Waals surface area contributed by atoms with Gasteiger partial charge in [0.1, 0.15) is 5.75 Å². The first-order valence-electron chi connectivity index (χ1n) is 8.85. The van der Waals surface area contributed by atoms with Crippen LogP contribution in [0.4, 0.5) is 5.13 Å². The maximum Gasteiger partial charge on any atom is 0.228 e. The molecule has 1 atom stereocenters. The fraction of sp³-hybridized carbons (Fsp3) is 0.190. The molecule has 4 rings (SSSR count). The van der Waals surface area contributed by atoms with Crippen LogP contribution in [0.3, 0.4) is 0 Å². The highest BCUT2D eigenvalue weighted by molar-refractivity contribution is 7.22. The van der Waals surface area contributed by atoms with E-state index in [2.05, 4.69) is 10.3 Å². The lowest BCUT2D eigenvalue weighted by atomic mass is 9.93. The van der Waals surface area contributed by atoms with Gasteiger partial charge in [-0.25, -0.2) is 4.98 Å². The summed E-state index contributed by atoms with van der Waals surface area (Å²) in [5.41, 5.74) is 2.78. The molecule has 1 N–H and O–H groups in total. The van der Waals surface area contributed by atoms with Crippen molar-refractivity contribution in [1.29, 1.82) is 0 Å². The van der Waals surface area contributed by atoms with Crippen molar-refractivity contribution in [3.05, 3.63) is 59.8 Å². The summed E-state index contributed by atoms with van der Waals surface area (Å²) in [5, 5.41) is 3.40. The fourth-order valence-corrected chi connectivity index (χ4v) is 4.25. The van der Waals surface area contributed by atoms with Crippen LogP contribution in [0, 0.1) is 0 Å². The lowest BCUT2D eigenvalue weighted by Gasteiger charge is -2.32. The SMILES string of the molecule is COc1ccc2nc(NC(=O)CC3c4ccccc4C=CN3C(C)=O)sc2c1. The number of nitrogens with zero attached hydrogens (tertiary/aromatic N) is 2. The van der Waals surface area contributed by atoms with Gasteiger partial charge in [-0.3, -0.25) is 9.59 Å². The van der Waals surface area contributed by atoms with Gasteiger partial charge in [-0.05, 0) is 35.4 Å². The van der Waals surface area contributed by atoms with Crippen molar-refractivity contribution in [3.8, 4) is 5.75 Å². The maximum absolute atomic E-state index is 12.7. The molecule has 3 aromatic rings. The minimum atomic E-state index is -0.340. The molecule has 0 spiro atoms. The van der Waals surface area contributed by atoms with Crippen LogP contribution < -0.4 is 10.1 Å². The van der Waals surface area contributed by atoms with E-state index in [9.17, 15) is 9.59 Å². The number of thiazole rings is 1. The Morgan fingerprint density at radius 1 is 1.25 bits per heavy atom. The molecule has 2 aromatic carbocycles. The normalized spacial score (nSPS) is 15.4. The maximum atomic E-state index is 12.7. The summed E-state index contributed by atoms with van der Waals surface area (Å²) < 4.78 is 6.16. The van der Waals surface area contributed by atoms with Crippen LogP contribution in [0.25, 0.3) is 16.3 Å². The highest BCUT2D eigenvalue weighted by Gasteiger charge is 2.28. The van der Waals surface area contributed by atoms with E-state index in [1.807, 2.05) is 48.5 Å². The van der Waals surface area contributed by atoms with Gasteiger partial charge in [-0.1, -0.05) is 35.6 Å². The van der Waals surface area contributed by atoms with Crippen molar-refractivity contribution in [2.75, 3.05) is 12.4 Å². The summed E-state index contributed by atoms with van der Waals surface area (Å²) in [6.45, 7) is 1.50. The molecule has 0 saturated heterocycles. The lowest BCUT2D eigenvalue weighted by Crippen LogP contribution is -2.33. The molecule has 0 aliphatic carbocycles. The average molecular weight is 393 g/mol. The molecule has 6 nitrogen and oxygen atoms in total. The molecule has 2 amide bonds. The second-order valence-electron chi connectivity index (χ2n) is 6.49. The molecule has 1 aromatic heterocycles. The standard InChI is InChI=1S/C21H19N3O3S/c1-13(25)24-10-9-14-5-3-4-6-16(14)18(24)12-20(26)23-21-22-17-8-7-15(27-2)11-19(17)28-21/h3-11,18H,12H2,1-2H3,(H,22,23,26). The largest absolute Gasteiger partial charge is 0.497 e. The topological polar surface area (TPSA) is 71.5 Å². The molecule has 1 unspecified atom stereocenters.